The van der Waals surface area contributed by atoms with Crippen molar-refractivity contribution in [2.75, 3.05) is 0 Å². The van der Waals surface area contributed by atoms with E-state index in [1.807, 2.05) is 6.11 Å². The first-order chi connectivity index (χ1) is 4.06. The van der Waals surface area contributed by atoms with Crippen LogP contribution in [0.5, 0.6) is 0 Å². The first-order valence-corrected chi connectivity index (χ1v) is 3.81. The first-order valence-electron chi connectivity index (χ1n) is 2.28. The Morgan fingerprint density at radius 2 is 2.22 bits per heavy atom. The molecule has 0 rings (SSSR count). The van der Waals surface area contributed by atoms with E-state index in [4.69, 9.17) is 9.79 Å². The van der Waals surface area contributed by atoms with Gasteiger partial charge in [-0.25, -0.2) is 4.57 Å². The van der Waals surface area contributed by atoms with Gasteiger partial charge in [-0.15, -0.1) is 0 Å². The third-order valence-electron chi connectivity index (χ3n) is 0.414. The minimum atomic E-state index is -4.37. The molecule has 0 saturated carbocycles. The summed E-state index contributed by atoms with van der Waals surface area (Å²) in [6.45, 7) is 1.75. The van der Waals surface area contributed by atoms with Crippen molar-refractivity contribution in [3.05, 3.63) is 0 Å². The van der Waals surface area contributed by atoms with Crippen LogP contribution in [0.2, 0.25) is 0 Å². The molecule has 0 heterocycles. The molecule has 0 aromatic rings. The van der Waals surface area contributed by atoms with Crippen molar-refractivity contribution in [3.8, 4) is 12.0 Å². The lowest BCUT2D eigenvalue weighted by Crippen LogP contribution is -1.77. The van der Waals surface area contributed by atoms with E-state index in [0.717, 1.165) is 0 Å². The van der Waals surface area contributed by atoms with Crippen LogP contribution in [0.1, 0.15) is 13.3 Å². The van der Waals surface area contributed by atoms with E-state index in [9.17, 15) is 4.57 Å². The minimum absolute atomic E-state index is 0.514. The van der Waals surface area contributed by atoms with E-state index < -0.39 is 7.82 Å². The Kier molecular flexibility index (Phi) is 3.33. The lowest BCUT2D eigenvalue weighted by molar-refractivity contribution is 0.269. The van der Waals surface area contributed by atoms with Crippen LogP contribution in [0.4, 0.5) is 0 Å². The molecule has 0 saturated heterocycles. The van der Waals surface area contributed by atoms with Gasteiger partial charge in [-0.05, 0) is 0 Å². The smallest absolute Gasteiger partial charge is 0.350 e. The predicted molar refractivity (Wildman–Crippen MR) is 31.2 cm³/mol. The van der Waals surface area contributed by atoms with Crippen molar-refractivity contribution in [2.45, 2.75) is 13.3 Å². The number of hydrogen-bond acceptors (Lipinski definition) is 2. The number of phosphoric ester groups is 1. The van der Waals surface area contributed by atoms with Gasteiger partial charge in [0.05, 0.1) is 0 Å². The van der Waals surface area contributed by atoms with E-state index in [0.29, 0.717) is 6.42 Å². The molecule has 0 aromatic carbocycles. The maximum Gasteiger partial charge on any atom is 0.533 e. The Hall–Kier alpha value is -0.490. The monoisotopic (exact) mass is 150 g/mol. The third-order valence-corrected chi connectivity index (χ3v) is 0.743. The molecular weight excluding hydrogens is 143 g/mol. The van der Waals surface area contributed by atoms with Crippen LogP contribution >= 0.6 is 7.82 Å². The summed E-state index contributed by atoms with van der Waals surface area (Å²) in [5, 5.41) is 0. The molecule has 4 nitrogen and oxygen atoms in total. The molecule has 0 unspecified atom stereocenters. The standard InChI is InChI=1S/C4H7O4P/c1-2-3-4-8-9(5,6)7/h2H2,1H3,(H2,5,6,7). The molecule has 0 fully saturated rings. The molecule has 0 radical (unpaired) electrons. The summed E-state index contributed by atoms with van der Waals surface area (Å²) < 4.78 is 13.7. The first kappa shape index (κ1) is 8.51. The Bertz CT molecular complexity index is 171. The third kappa shape index (κ3) is 7.51. The Morgan fingerprint density at radius 1 is 1.67 bits per heavy atom. The van der Waals surface area contributed by atoms with E-state index in [1.54, 1.807) is 6.92 Å². The average molecular weight is 150 g/mol. The Labute approximate surface area is 53.1 Å². The van der Waals surface area contributed by atoms with Gasteiger partial charge in [-0.1, -0.05) is 12.8 Å². The molecule has 9 heavy (non-hydrogen) atoms. The highest BCUT2D eigenvalue weighted by molar-refractivity contribution is 7.46. The van der Waals surface area contributed by atoms with Crippen LogP contribution in [0.3, 0.4) is 0 Å². The van der Waals surface area contributed by atoms with E-state index in [1.165, 1.54) is 0 Å². The van der Waals surface area contributed by atoms with Crippen LogP contribution in [0.15, 0.2) is 0 Å². The fourth-order valence-corrected chi connectivity index (χ4v) is 0.347. The van der Waals surface area contributed by atoms with Crippen molar-refractivity contribution in [2.24, 2.45) is 0 Å². The van der Waals surface area contributed by atoms with Crippen molar-refractivity contribution >= 4 is 7.82 Å². The SMILES string of the molecule is CCC#COP(=O)(O)O. The number of rotatable bonds is 1. The van der Waals surface area contributed by atoms with Gasteiger partial charge in [0.2, 0.25) is 0 Å². The van der Waals surface area contributed by atoms with E-state index in [2.05, 4.69) is 10.4 Å². The van der Waals surface area contributed by atoms with Gasteiger partial charge in [0, 0.05) is 6.42 Å². The molecule has 0 atom stereocenters. The summed E-state index contributed by atoms with van der Waals surface area (Å²) in [5.41, 5.74) is 0. The summed E-state index contributed by atoms with van der Waals surface area (Å²) in [6, 6.07) is 0. The molecule has 52 valence electrons. The van der Waals surface area contributed by atoms with Gasteiger partial charge in [-0.2, -0.15) is 0 Å². The molecule has 0 aromatic heterocycles. The van der Waals surface area contributed by atoms with E-state index >= 15 is 0 Å². The van der Waals surface area contributed by atoms with Gasteiger partial charge < -0.3 is 4.52 Å². The second-order valence-corrected chi connectivity index (χ2v) is 2.38. The van der Waals surface area contributed by atoms with Gasteiger partial charge in [0.25, 0.3) is 0 Å². The molecule has 0 aliphatic rings. The fourth-order valence-electron chi connectivity index (χ4n) is 0.164. The summed E-state index contributed by atoms with van der Waals surface area (Å²) in [6.07, 6.45) is 2.38. The highest BCUT2D eigenvalue weighted by atomic mass is 31.2. The summed E-state index contributed by atoms with van der Waals surface area (Å²) in [7, 11) is -4.37. The van der Waals surface area contributed by atoms with Gasteiger partial charge in [-0.3, -0.25) is 9.79 Å². The summed E-state index contributed by atoms with van der Waals surface area (Å²) >= 11 is 0. The second-order valence-electron chi connectivity index (χ2n) is 1.21. The summed E-state index contributed by atoms with van der Waals surface area (Å²) in [4.78, 5) is 16.1. The lowest BCUT2D eigenvalue weighted by atomic mass is 10.5. The molecule has 0 aliphatic carbocycles. The average Bonchev–Trinajstić information content (AvgIpc) is 1.63. The van der Waals surface area contributed by atoms with Crippen molar-refractivity contribution in [1.82, 2.24) is 0 Å². The maximum atomic E-state index is 9.88. The molecule has 0 aliphatic heterocycles. The topological polar surface area (TPSA) is 66.8 Å². The maximum absolute atomic E-state index is 9.88. The van der Waals surface area contributed by atoms with Gasteiger partial charge in [0.1, 0.15) is 6.11 Å². The van der Waals surface area contributed by atoms with Crippen LogP contribution in [-0.2, 0) is 9.09 Å². The zero-order valence-electron chi connectivity index (χ0n) is 4.87. The van der Waals surface area contributed by atoms with Crippen molar-refractivity contribution < 1.29 is 18.9 Å². The largest absolute Gasteiger partial charge is 0.533 e. The van der Waals surface area contributed by atoms with Crippen molar-refractivity contribution in [1.29, 1.82) is 0 Å². The number of phosphoric acid groups is 1. The number of hydrogen-bond donors (Lipinski definition) is 2. The van der Waals surface area contributed by atoms with Crippen LogP contribution < -0.4 is 0 Å². The molecule has 2 N–H and O–H groups in total. The van der Waals surface area contributed by atoms with E-state index in [-0.39, 0.29) is 0 Å². The van der Waals surface area contributed by atoms with Crippen molar-refractivity contribution in [3.63, 3.8) is 0 Å². The zero-order valence-corrected chi connectivity index (χ0v) is 5.76. The zero-order chi connectivity index (χ0) is 7.33. The highest BCUT2D eigenvalue weighted by Crippen LogP contribution is 2.34. The Morgan fingerprint density at radius 3 is 2.56 bits per heavy atom. The van der Waals surface area contributed by atoms with Crippen LogP contribution in [-0.4, -0.2) is 9.79 Å². The second kappa shape index (κ2) is 3.52. The molecule has 0 amide bonds. The fraction of sp³-hybridized carbons (Fsp3) is 0.500. The highest BCUT2D eigenvalue weighted by Gasteiger charge is 2.11. The Balaban J connectivity index is 3.64. The molecule has 5 heteroatoms. The molecule has 0 spiro atoms. The van der Waals surface area contributed by atoms with Crippen LogP contribution in [0.25, 0.3) is 0 Å². The molecular formula is C4H7O4P. The lowest BCUT2D eigenvalue weighted by Gasteiger charge is -1.94. The van der Waals surface area contributed by atoms with Crippen LogP contribution in [0, 0.1) is 12.0 Å². The predicted octanol–water partition coefficient (Wildman–Crippen LogP) is 0.467. The summed E-state index contributed by atoms with van der Waals surface area (Å²) in [5.74, 6) is 2.34. The van der Waals surface area contributed by atoms with Gasteiger partial charge >= 0.3 is 7.82 Å². The molecule has 0 bridgehead atoms. The minimum Gasteiger partial charge on any atom is -0.350 e. The van der Waals surface area contributed by atoms with Gasteiger partial charge in [0.15, 0.2) is 0 Å². The quantitative estimate of drug-likeness (QED) is 0.421. The normalized spacial score (nSPS) is 9.67.